The van der Waals surface area contributed by atoms with Crippen LogP contribution in [0.1, 0.15) is 24.4 Å². The van der Waals surface area contributed by atoms with Crippen LogP contribution in [-0.2, 0) is 4.74 Å². The predicted octanol–water partition coefficient (Wildman–Crippen LogP) is 4.55. The van der Waals surface area contributed by atoms with Gasteiger partial charge in [-0.15, -0.1) is 0 Å². The number of nitrogens with one attached hydrogen (secondary N) is 1. The number of aromatic nitrogens is 2. The minimum Gasteiger partial charge on any atom is -0.493 e. The minimum absolute atomic E-state index is 0.238. The van der Waals surface area contributed by atoms with Crippen molar-refractivity contribution in [2.45, 2.75) is 13.0 Å². The van der Waals surface area contributed by atoms with E-state index in [1.54, 1.807) is 50.5 Å². The number of hydrogen-bond acceptors (Lipinski definition) is 7. The van der Waals surface area contributed by atoms with E-state index in [1.807, 2.05) is 25.1 Å². The number of nitrogens with zero attached hydrogens (tertiary/aromatic N) is 3. The van der Waals surface area contributed by atoms with Crippen molar-refractivity contribution in [1.82, 2.24) is 20.4 Å². The van der Waals surface area contributed by atoms with Gasteiger partial charge in [-0.1, -0.05) is 28.9 Å². The van der Waals surface area contributed by atoms with Gasteiger partial charge in [0.15, 0.2) is 11.5 Å². The van der Waals surface area contributed by atoms with Gasteiger partial charge in [0.05, 0.1) is 39.0 Å². The maximum Gasteiger partial charge on any atom is 0.322 e. The summed E-state index contributed by atoms with van der Waals surface area (Å²) in [6.07, 6.45) is 0. The first-order valence-corrected chi connectivity index (χ1v) is 10.9. The fraction of sp³-hybridized carbons (Fsp3) is 0.292. The van der Waals surface area contributed by atoms with Crippen molar-refractivity contribution >= 4 is 23.2 Å². The lowest BCUT2D eigenvalue weighted by Gasteiger charge is -2.35. The highest BCUT2D eigenvalue weighted by atomic mass is 35.5. The summed E-state index contributed by atoms with van der Waals surface area (Å²) in [6, 6.07) is 11.9. The number of urea groups is 1. The van der Waals surface area contributed by atoms with Gasteiger partial charge >= 0.3 is 6.03 Å². The third-order valence-corrected chi connectivity index (χ3v) is 5.87. The van der Waals surface area contributed by atoms with Gasteiger partial charge in [0, 0.05) is 23.4 Å². The summed E-state index contributed by atoms with van der Waals surface area (Å²) in [7, 11) is 4.72. The van der Waals surface area contributed by atoms with Crippen LogP contribution in [0.4, 0.5) is 4.79 Å². The molecule has 0 radical (unpaired) electrons. The quantitative estimate of drug-likeness (QED) is 0.500. The predicted molar refractivity (Wildman–Crippen MR) is 127 cm³/mol. The molecule has 1 aliphatic heterocycles. The summed E-state index contributed by atoms with van der Waals surface area (Å²) < 4.78 is 21.6. The Morgan fingerprint density at radius 3 is 2.50 bits per heavy atom. The van der Waals surface area contributed by atoms with Crippen LogP contribution in [0.15, 0.2) is 52.7 Å². The summed E-state index contributed by atoms with van der Waals surface area (Å²) >= 11 is 6.08. The van der Waals surface area contributed by atoms with Crippen LogP contribution >= 0.6 is 11.6 Å². The molecular weight excluding hydrogens is 460 g/mol. The Hall–Kier alpha value is -3.56. The van der Waals surface area contributed by atoms with Gasteiger partial charge in [0.2, 0.25) is 5.82 Å². The molecule has 2 amide bonds. The number of amides is 2. The van der Waals surface area contributed by atoms with E-state index in [0.717, 1.165) is 5.56 Å². The van der Waals surface area contributed by atoms with Crippen LogP contribution in [-0.4, -0.2) is 55.6 Å². The van der Waals surface area contributed by atoms with Crippen LogP contribution in [0.2, 0.25) is 5.02 Å². The fourth-order valence-corrected chi connectivity index (χ4v) is 3.97. The van der Waals surface area contributed by atoms with Gasteiger partial charge in [-0.2, -0.15) is 4.98 Å². The Balaban J connectivity index is 1.78. The monoisotopic (exact) mass is 484 g/mol. The molecule has 0 spiro atoms. The van der Waals surface area contributed by atoms with E-state index in [4.69, 9.17) is 30.3 Å². The molecule has 10 heteroatoms. The first-order chi connectivity index (χ1) is 16.5. The molecule has 0 bridgehead atoms. The zero-order valence-electron chi connectivity index (χ0n) is 19.3. The van der Waals surface area contributed by atoms with Crippen molar-refractivity contribution in [2.24, 2.45) is 0 Å². The Kier molecular flexibility index (Phi) is 7.04. The molecule has 34 heavy (non-hydrogen) atoms. The third kappa shape index (κ3) is 4.57. The smallest absolute Gasteiger partial charge is 0.322 e. The van der Waals surface area contributed by atoms with Crippen LogP contribution in [0.5, 0.6) is 11.5 Å². The van der Waals surface area contributed by atoms with Crippen molar-refractivity contribution in [2.75, 3.05) is 34.5 Å². The fourth-order valence-electron chi connectivity index (χ4n) is 3.84. The number of ether oxygens (including phenoxy) is 3. The molecular formula is C24H25ClN4O5. The van der Waals surface area contributed by atoms with Crippen LogP contribution in [0, 0.1) is 0 Å². The van der Waals surface area contributed by atoms with Gasteiger partial charge in [0.25, 0.3) is 5.89 Å². The van der Waals surface area contributed by atoms with Crippen molar-refractivity contribution < 1.29 is 23.5 Å². The molecule has 0 aliphatic carbocycles. The van der Waals surface area contributed by atoms with Gasteiger partial charge in [-0.25, -0.2) is 4.79 Å². The molecule has 1 aromatic heterocycles. The minimum atomic E-state index is -0.498. The van der Waals surface area contributed by atoms with E-state index in [0.29, 0.717) is 58.2 Å². The van der Waals surface area contributed by atoms with Gasteiger partial charge < -0.3 is 24.1 Å². The normalized spacial score (nSPS) is 16.0. The second-order valence-corrected chi connectivity index (χ2v) is 8.01. The maximum absolute atomic E-state index is 12.9. The number of hydrogen-bond donors (Lipinski definition) is 1. The van der Waals surface area contributed by atoms with Crippen molar-refractivity contribution in [1.29, 1.82) is 0 Å². The average molecular weight is 485 g/mol. The molecule has 3 aromatic rings. The summed E-state index contributed by atoms with van der Waals surface area (Å²) in [5.41, 5.74) is 2.93. The standard InChI is InChI=1S/C24H25ClN4O5/c1-14-20(23-27-22(28-34-23)16-7-10-18(32-3)19(13-16)33-4)21(15-5-8-17(25)9-6-15)26-24(30)29(14)11-12-31-2/h5-10,13,21H,11-12H2,1-4H3,(H,26,30). The Labute approximate surface area is 202 Å². The Morgan fingerprint density at radius 2 is 1.82 bits per heavy atom. The van der Waals surface area contributed by atoms with Crippen LogP contribution < -0.4 is 14.8 Å². The number of rotatable bonds is 8. The van der Waals surface area contributed by atoms with Crippen molar-refractivity contribution in [3.05, 3.63) is 64.6 Å². The first-order valence-electron chi connectivity index (χ1n) is 10.6. The molecule has 0 fully saturated rings. The molecule has 2 heterocycles. The lowest BCUT2D eigenvalue weighted by molar-refractivity contribution is 0.158. The molecule has 2 aromatic carbocycles. The summed E-state index contributed by atoms with van der Waals surface area (Å²) in [4.78, 5) is 19.2. The van der Waals surface area contributed by atoms with E-state index in [1.165, 1.54) is 0 Å². The molecule has 0 saturated carbocycles. The zero-order chi connectivity index (χ0) is 24.2. The van der Waals surface area contributed by atoms with E-state index in [-0.39, 0.29) is 6.03 Å². The first kappa shape index (κ1) is 23.6. The Morgan fingerprint density at radius 1 is 1.09 bits per heavy atom. The summed E-state index contributed by atoms with van der Waals surface area (Å²) in [5, 5.41) is 7.82. The largest absolute Gasteiger partial charge is 0.493 e. The second kappa shape index (κ2) is 10.1. The maximum atomic E-state index is 12.9. The summed E-state index contributed by atoms with van der Waals surface area (Å²) in [6.45, 7) is 2.61. The molecule has 178 valence electrons. The number of allylic oxidation sites excluding steroid dienone is 1. The number of carbonyl (C=O) groups is 1. The summed E-state index contributed by atoms with van der Waals surface area (Å²) in [5.74, 6) is 1.83. The van der Waals surface area contributed by atoms with Crippen LogP contribution in [0.25, 0.3) is 17.0 Å². The number of carbonyl (C=O) groups excluding carboxylic acids is 1. The van der Waals surface area contributed by atoms with Gasteiger partial charge in [0.1, 0.15) is 0 Å². The highest BCUT2D eigenvalue weighted by Crippen LogP contribution is 2.38. The third-order valence-electron chi connectivity index (χ3n) is 5.62. The van der Waals surface area contributed by atoms with Gasteiger partial charge in [-0.05, 0) is 42.8 Å². The molecule has 1 N–H and O–H groups in total. The lowest BCUT2D eigenvalue weighted by Crippen LogP contribution is -2.47. The lowest BCUT2D eigenvalue weighted by atomic mass is 9.94. The molecule has 1 unspecified atom stereocenters. The highest BCUT2D eigenvalue weighted by Gasteiger charge is 2.35. The van der Waals surface area contributed by atoms with Gasteiger partial charge in [-0.3, -0.25) is 4.90 Å². The number of methoxy groups -OCH3 is 3. The van der Waals surface area contributed by atoms with Crippen LogP contribution in [0.3, 0.4) is 0 Å². The van der Waals surface area contributed by atoms with E-state index < -0.39 is 6.04 Å². The van der Waals surface area contributed by atoms with E-state index in [9.17, 15) is 4.79 Å². The highest BCUT2D eigenvalue weighted by molar-refractivity contribution is 6.30. The Bertz CT molecular complexity index is 1210. The number of benzene rings is 2. The molecule has 4 rings (SSSR count). The molecule has 9 nitrogen and oxygen atoms in total. The van der Waals surface area contributed by atoms with E-state index in [2.05, 4.69) is 15.5 Å². The average Bonchev–Trinajstić information content (AvgIpc) is 3.33. The van der Waals surface area contributed by atoms with Crippen molar-refractivity contribution in [3.8, 4) is 22.9 Å². The van der Waals surface area contributed by atoms with Crippen molar-refractivity contribution in [3.63, 3.8) is 0 Å². The molecule has 1 aliphatic rings. The number of halogens is 1. The zero-order valence-corrected chi connectivity index (χ0v) is 20.0. The second-order valence-electron chi connectivity index (χ2n) is 7.57. The molecule has 0 saturated heterocycles. The molecule has 1 atom stereocenters. The topological polar surface area (TPSA) is 99.0 Å². The SMILES string of the molecule is COCCN1C(=O)NC(c2ccc(Cl)cc2)C(c2nc(-c3ccc(OC)c(OC)c3)no2)=C1C. The van der Waals surface area contributed by atoms with E-state index >= 15 is 0 Å².